The van der Waals surface area contributed by atoms with Crippen LogP contribution in [0.1, 0.15) is 11.1 Å². The molecule has 0 saturated heterocycles. The van der Waals surface area contributed by atoms with Crippen LogP contribution in [-0.2, 0) is 0 Å². The molecule has 0 aromatic carbocycles. The Kier molecular flexibility index (Phi) is 2.49. The molecule has 0 unspecified atom stereocenters. The van der Waals surface area contributed by atoms with Gasteiger partial charge in [-0.25, -0.2) is 4.52 Å². The van der Waals surface area contributed by atoms with E-state index in [4.69, 9.17) is 11.6 Å². The molecular formula is C14H11ClN6. The van der Waals surface area contributed by atoms with Crippen molar-refractivity contribution in [3.8, 4) is 11.4 Å². The second-order valence-electron chi connectivity index (χ2n) is 4.89. The average Bonchev–Trinajstić information content (AvgIpc) is 3.08. The van der Waals surface area contributed by atoms with Gasteiger partial charge >= 0.3 is 0 Å². The van der Waals surface area contributed by atoms with Crippen LogP contribution in [0.15, 0.2) is 30.6 Å². The lowest BCUT2D eigenvalue weighted by Gasteiger charge is -2.04. The number of nitrogens with zero attached hydrogens (tertiary/aromatic N) is 6. The zero-order valence-electron chi connectivity index (χ0n) is 11.4. The van der Waals surface area contributed by atoms with Gasteiger partial charge in [-0.15, -0.1) is 10.2 Å². The fraction of sp³-hybridized carbons (Fsp3) is 0.143. The molecule has 4 heterocycles. The number of hydrogen-bond donors (Lipinski definition) is 0. The SMILES string of the molecule is Cc1c(Cl)nn2c(-c3cnn4ccccc34)nnc2c1C. The van der Waals surface area contributed by atoms with Crippen molar-refractivity contribution in [2.75, 3.05) is 0 Å². The van der Waals surface area contributed by atoms with Gasteiger partial charge in [-0.1, -0.05) is 17.7 Å². The Morgan fingerprint density at radius 2 is 1.95 bits per heavy atom. The molecular weight excluding hydrogens is 288 g/mol. The summed E-state index contributed by atoms with van der Waals surface area (Å²) in [4.78, 5) is 0. The molecule has 0 fully saturated rings. The lowest BCUT2D eigenvalue weighted by molar-refractivity contribution is 0.920. The van der Waals surface area contributed by atoms with Crippen LogP contribution in [0.4, 0.5) is 0 Å². The van der Waals surface area contributed by atoms with E-state index >= 15 is 0 Å². The zero-order valence-corrected chi connectivity index (χ0v) is 12.2. The molecule has 0 radical (unpaired) electrons. The smallest absolute Gasteiger partial charge is 0.189 e. The summed E-state index contributed by atoms with van der Waals surface area (Å²) in [6.07, 6.45) is 3.65. The average molecular weight is 299 g/mol. The molecule has 0 N–H and O–H groups in total. The van der Waals surface area contributed by atoms with Crippen molar-refractivity contribution in [1.82, 2.24) is 29.4 Å². The quantitative estimate of drug-likeness (QED) is 0.542. The predicted molar refractivity (Wildman–Crippen MR) is 79.5 cm³/mol. The highest BCUT2D eigenvalue weighted by molar-refractivity contribution is 6.30. The molecule has 0 amide bonds. The summed E-state index contributed by atoms with van der Waals surface area (Å²) in [5.74, 6) is 0.635. The number of pyridine rings is 1. The monoisotopic (exact) mass is 298 g/mol. The minimum Gasteiger partial charge on any atom is -0.240 e. The molecule has 0 aliphatic heterocycles. The number of hydrogen-bond acceptors (Lipinski definition) is 4. The highest BCUT2D eigenvalue weighted by Crippen LogP contribution is 2.26. The normalized spacial score (nSPS) is 11.6. The second kappa shape index (κ2) is 4.26. The molecule has 0 spiro atoms. The van der Waals surface area contributed by atoms with Crippen molar-refractivity contribution in [3.05, 3.63) is 46.9 Å². The van der Waals surface area contributed by atoms with E-state index in [2.05, 4.69) is 20.4 Å². The predicted octanol–water partition coefficient (Wildman–Crippen LogP) is 2.71. The molecule has 104 valence electrons. The first kappa shape index (κ1) is 12.3. The van der Waals surface area contributed by atoms with Gasteiger partial charge in [0.05, 0.1) is 17.3 Å². The van der Waals surface area contributed by atoms with Gasteiger partial charge in [0.25, 0.3) is 0 Å². The maximum Gasteiger partial charge on any atom is 0.189 e. The third-order valence-electron chi connectivity index (χ3n) is 3.70. The number of rotatable bonds is 1. The summed E-state index contributed by atoms with van der Waals surface area (Å²) in [6.45, 7) is 3.89. The van der Waals surface area contributed by atoms with Gasteiger partial charge in [-0.2, -0.15) is 14.7 Å². The van der Waals surface area contributed by atoms with Crippen LogP contribution in [0.3, 0.4) is 0 Å². The second-order valence-corrected chi connectivity index (χ2v) is 5.25. The summed E-state index contributed by atoms with van der Waals surface area (Å²) >= 11 is 6.19. The van der Waals surface area contributed by atoms with E-state index in [1.165, 1.54) is 0 Å². The maximum absolute atomic E-state index is 6.19. The Balaban J connectivity index is 2.08. The van der Waals surface area contributed by atoms with E-state index in [1.54, 1.807) is 15.2 Å². The Hall–Kier alpha value is -2.47. The van der Waals surface area contributed by atoms with E-state index < -0.39 is 0 Å². The molecule has 4 aromatic heterocycles. The van der Waals surface area contributed by atoms with E-state index in [1.807, 2.05) is 38.2 Å². The highest BCUT2D eigenvalue weighted by Gasteiger charge is 2.17. The van der Waals surface area contributed by atoms with Crippen molar-refractivity contribution < 1.29 is 0 Å². The first-order valence-electron chi connectivity index (χ1n) is 6.47. The summed E-state index contributed by atoms with van der Waals surface area (Å²) in [7, 11) is 0. The number of fused-ring (bicyclic) bond motifs is 2. The van der Waals surface area contributed by atoms with Gasteiger partial charge in [0.15, 0.2) is 16.6 Å². The molecule has 0 bridgehead atoms. The van der Waals surface area contributed by atoms with E-state index in [0.717, 1.165) is 22.2 Å². The molecule has 0 saturated carbocycles. The van der Waals surface area contributed by atoms with Crippen LogP contribution in [-0.4, -0.2) is 29.4 Å². The zero-order chi connectivity index (χ0) is 14.6. The van der Waals surface area contributed by atoms with Crippen LogP contribution >= 0.6 is 11.6 Å². The Morgan fingerprint density at radius 1 is 1.10 bits per heavy atom. The maximum atomic E-state index is 6.19. The standard InChI is InChI=1S/C14H11ClN6/c1-8-9(2)13-17-18-14(21(13)19-12(8)15)10-7-16-20-6-4-3-5-11(10)20/h3-7H,1-2H3. The van der Waals surface area contributed by atoms with Crippen molar-refractivity contribution in [3.63, 3.8) is 0 Å². The van der Waals surface area contributed by atoms with E-state index in [9.17, 15) is 0 Å². The minimum atomic E-state index is 0.456. The Morgan fingerprint density at radius 3 is 2.81 bits per heavy atom. The lowest BCUT2D eigenvalue weighted by atomic mass is 10.2. The summed E-state index contributed by atoms with van der Waals surface area (Å²) in [5, 5.41) is 17.7. The van der Waals surface area contributed by atoms with Crippen molar-refractivity contribution >= 4 is 22.8 Å². The molecule has 6 nitrogen and oxygen atoms in total. The van der Waals surface area contributed by atoms with Gasteiger partial charge in [0, 0.05) is 11.8 Å². The summed E-state index contributed by atoms with van der Waals surface area (Å²) < 4.78 is 3.47. The highest BCUT2D eigenvalue weighted by atomic mass is 35.5. The van der Waals surface area contributed by atoms with Crippen LogP contribution in [0.2, 0.25) is 5.15 Å². The molecule has 0 atom stereocenters. The molecule has 21 heavy (non-hydrogen) atoms. The van der Waals surface area contributed by atoms with Crippen LogP contribution < -0.4 is 0 Å². The van der Waals surface area contributed by atoms with E-state index in [-0.39, 0.29) is 0 Å². The summed E-state index contributed by atoms with van der Waals surface area (Å²) in [5.41, 5.74) is 4.42. The van der Waals surface area contributed by atoms with Gasteiger partial charge < -0.3 is 0 Å². The van der Waals surface area contributed by atoms with Crippen LogP contribution in [0.5, 0.6) is 0 Å². The molecule has 4 aromatic rings. The molecule has 4 rings (SSSR count). The fourth-order valence-corrected chi connectivity index (χ4v) is 2.59. The van der Waals surface area contributed by atoms with Crippen molar-refractivity contribution in [2.45, 2.75) is 13.8 Å². The molecule has 0 aliphatic carbocycles. The van der Waals surface area contributed by atoms with Crippen LogP contribution in [0.25, 0.3) is 22.6 Å². The number of aryl methyl sites for hydroxylation is 1. The first-order chi connectivity index (χ1) is 10.2. The van der Waals surface area contributed by atoms with E-state index in [0.29, 0.717) is 16.6 Å². The molecule has 7 heteroatoms. The molecule has 0 aliphatic rings. The number of halogens is 1. The lowest BCUT2D eigenvalue weighted by Crippen LogP contribution is -2.00. The fourth-order valence-electron chi connectivity index (χ4n) is 2.37. The minimum absolute atomic E-state index is 0.456. The largest absolute Gasteiger partial charge is 0.240 e. The first-order valence-corrected chi connectivity index (χ1v) is 6.85. The number of aromatic nitrogens is 6. The van der Waals surface area contributed by atoms with Gasteiger partial charge in [0.2, 0.25) is 0 Å². The van der Waals surface area contributed by atoms with Crippen LogP contribution in [0, 0.1) is 13.8 Å². The van der Waals surface area contributed by atoms with Crippen molar-refractivity contribution in [2.24, 2.45) is 0 Å². The Bertz CT molecular complexity index is 984. The van der Waals surface area contributed by atoms with Gasteiger partial charge in [-0.05, 0) is 31.5 Å². The Labute approximate surface area is 125 Å². The third kappa shape index (κ3) is 1.66. The topological polar surface area (TPSA) is 60.4 Å². The third-order valence-corrected chi connectivity index (χ3v) is 4.06. The van der Waals surface area contributed by atoms with Gasteiger partial charge in [-0.3, -0.25) is 0 Å². The summed E-state index contributed by atoms with van der Waals surface area (Å²) in [6, 6.07) is 5.86. The van der Waals surface area contributed by atoms with Crippen molar-refractivity contribution in [1.29, 1.82) is 0 Å². The van der Waals surface area contributed by atoms with Gasteiger partial charge in [0.1, 0.15) is 0 Å².